The van der Waals surface area contributed by atoms with Gasteiger partial charge < -0.3 is 8.98 Å². The summed E-state index contributed by atoms with van der Waals surface area (Å²) in [5.41, 5.74) is 1.66. The first-order valence-corrected chi connectivity index (χ1v) is 9.82. The topological polar surface area (TPSA) is 87.9 Å². The molecule has 8 heteroatoms. The van der Waals surface area contributed by atoms with Crippen LogP contribution in [-0.2, 0) is 13.1 Å². The van der Waals surface area contributed by atoms with Gasteiger partial charge in [-0.2, -0.15) is 4.68 Å². The number of hydrogen-bond acceptors (Lipinski definition) is 5. The SMILES string of the molecule is Cc1c2c(=O)n(-c3cnccn3)n(Cc3ccccc3)c2cc(=O)n1Cc1ccco1. The molecule has 0 amide bonds. The third-order valence-electron chi connectivity index (χ3n) is 5.31. The molecule has 4 heterocycles. The number of furan rings is 1. The van der Waals surface area contributed by atoms with Gasteiger partial charge in [-0.05, 0) is 24.6 Å². The van der Waals surface area contributed by atoms with Gasteiger partial charge in [-0.3, -0.25) is 19.3 Å². The van der Waals surface area contributed by atoms with Gasteiger partial charge in [0.2, 0.25) is 0 Å². The Morgan fingerprint density at radius 2 is 1.84 bits per heavy atom. The van der Waals surface area contributed by atoms with Gasteiger partial charge in [0.25, 0.3) is 11.1 Å². The van der Waals surface area contributed by atoms with Crippen molar-refractivity contribution in [1.29, 1.82) is 0 Å². The molecule has 0 atom stereocenters. The summed E-state index contributed by atoms with van der Waals surface area (Å²) < 4.78 is 10.2. The fourth-order valence-electron chi connectivity index (χ4n) is 3.84. The van der Waals surface area contributed by atoms with Crippen LogP contribution in [0.2, 0.25) is 0 Å². The second-order valence-corrected chi connectivity index (χ2v) is 7.22. The highest BCUT2D eigenvalue weighted by Gasteiger charge is 2.21. The van der Waals surface area contributed by atoms with Gasteiger partial charge in [-0.15, -0.1) is 0 Å². The Hall–Kier alpha value is -4.20. The minimum absolute atomic E-state index is 0.209. The first-order chi connectivity index (χ1) is 15.1. The molecule has 0 radical (unpaired) electrons. The van der Waals surface area contributed by atoms with Crippen molar-refractivity contribution in [3.05, 3.63) is 111 Å². The molecule has 0 N–H and O–H groups in total. The third kappa shape index (κ3) is 3.28. The van der Waals surface area contributed by atoms with E-state index in [4.69, 9.17) is 4.42 Å². The number of fused-ring (bicyclic) bond motifs is 1. The van der Waals surface area contributed by atoms with E-state index in [1.165, 1.54) is 23.1 Å². The van der Waals surface area contributed by atoms with Crippen LogP contribution in [-0.4, -0.2) is 23.9 Å². The molecule has 0 aliphatic rings. The van der Waals surface area contributed by atoms with Crippen LogP contribution in [0.3, 0.4) is 0 Å². The molecule has 8 nitrogen and oxygen atoms in total. The molecule has 5 aromatic rings. The average Bonchev–Trinajstić information content (AvgIpc) is 3.39. The molecular formula is C23H19N5O3. The number of hydrogen-bond donors (Lipinski definition) is 0. The summed E-state index contributed by atoms with van der Waals surface area (Å²) in [4.78, 5) is 35.0. The van der Waals surface area contributed by atoms with Gasteiger partial charge >= 0.3 is 0 Å². The quantitative estimate of drug-likeness (QED) is 0.442. The van der Waals surface area contributed by atoms with Crippen LogP contribution in [0.25, 0.3) is 16.7 Å². The Morgan fingerprint density at radius 1 is 1.00 bits per heavy atom. The molecule has 154 valence electrons. The lowest BCUT2D eigenvalue weighted by molar-refractivity contribution is 0.487. The summed E-state index contributed by atoms with van der Waals surface area (Å²) in [6, 6.07) is 14.8. The minimum atomic E-state index is -0.253. The van der Waals surface area contributed by atoms with E-state index in [1.807, 2.05) is 30.3 Å². The Bertz CT molecular complexity index is 1460. The van der Waals surface area contributed by atoms with E-state index >= 15 is 0 Å². The predicted octanol–water partition coefficient (Wildman–Crippen LogP) is 2.74. The van der Waals surface area contributed by atoms with Crippen LogP contribution in [0.15, 0.2) is 87.4 Å². The summed E-state index contributed by atoms with van der Waals surface area (Å²) in [5, 5.41) is 0.466. The molecule has 0 saturated carbocycles. The third-order valence-corrected chi connectivity index (χ3v) is 5.31. The Morgan fingerprint density at radius 3 is 2.55 bits per heavy atom. The summed E-state index contributed by atoms with van der Waals surface area (Å²) in [6.07, 6.45) is 6.18. The standard InChI is InChI=1S/C23H19N5O3/c1-16-22-19(12-21(29)26(16)15-18-8-5-11-31-18)27(14-17-6-3-2-4-7-17)28(23(22)30)20-13-24-9-10-25-20/h2-13H,14-15H2,1H3. The van der Waals surface area contributed by atoms with E-state index < -0.39 is 0 Å². The first-order valence-electron chi connectivity index (χ1n) is 9.82. The van der Waals surface area contributed by atoms with Crippen LogP contribution in [0.4, 0.5) is 0 Å². The van der Waals surface area contributed by atoms with Gasteiger partial charge in [0.1, 0.15) is 5.76 Å². The highest BCUT2D eigenvalue weighted by atomic mass is 16.3. The smallest absolute Gasteiger partial charge is 0.282 e. The lowest BCUT2D eigenvalue weighted by atomic mass is 10.2. The molecule has 0 spiro atoms. The molecule has 0 aliphatic carbocycles. The lowest BCUT2D eigenvalue weighted by Gasteiger charge is -2.13. The fraction of sp³-hybridized carbons (Fsp3) is 0.130. The second kappa shape index (κ2) is 7.56. The highest BCUT2D eigenvalue weighted by molar-refractivity contribution is 5.81. The number of pyridine rings is 1. The average molecular weight is 413 g/mol. The Labute approximate surface area is 176 Å². The zero-order valence-electron chi connectivity index (χ0n) is 16.8. The van der Waals surface area contributed by atoms with E-state index in [0.29, 0.717) is 34.7 Å². The predicted molar refractivity (Wildman–Crippen MR) is 115 cm³/mol. The molecular weight excluding hydrogens is 394 g/mol. The van der Waals surface area contributed by atoms with Crippen LogP contribution >= 0.6 is 0 Å². The monoisotopic (exact) mass is 413 g/mol. The largest absolute Gasteiger partial charge is 0.467 e. The van der Waals surface area contributed by atoms with Crippen molar-refractivity contribution in [2.75, 3.05) is 0 Å². The van der Waals surface area contributed by atoms with Gasteiger partial charge in [-0.1, -0.05) is 30.3 Å². The minimum Gasteiger partial charge on any atom is -0.467 e. The maximum atomic E-state index is 13.6. The number of rotatable bonds is 5. The molecule has 0 unspecified atom stereocenters. The second-order valence-electron chi connectivity index (χ2n) is 7.22. The molecule has 0 fully saturated rings. The number of aryl methyl sites for hydroxylation is 1. The summed E-state index contributed by atoms with van der Waals surface area (Å²) in [5.74, 6) is 1.03. The molecule has 5 rings (SSSR count). The Balaban J connectivity index is 1.79. The van der Waals surface area contributed by atoms with Gasteiger partial charge in [-0.25, -0.2) is 4.98 Å². The van der Waals surface area contributed by atoms with Crippen molar-refractivity contribution in [2.45, 2.75) is 20.0 Å². The first kappa shape index (κ1) is 18.8. The van der Waals surface area contributed by atoms with Gasteiger partial charge in [0, 0.05) is 24.2 Å². The number of benzene rings is 1. The van der Waals surface area contributed by atoms with E-state index in [2.05, 4.69) is 9.97 Å². The Kier molecular flexibility index (Phi) is 4.59. The van der Waals surface area contributed by atoms with Crippen molar-refractivity contribution in [2.24, 2.45) is 0 Å². The normalized spacial score (nSPS) is 11.3. The maximum absolute atomic E-state index is 13.6. The fourth-order valence-corrected chi connectivity index (χ4v) is 3.84. The molecule has 0 aliphatic heterocycles. The van der Waals surface area contributed by atoms with Crippen LogP contribution in [0.5, 0.6) is 0 Å². The van der Waals surface area contributed by atoms with E-state index in [1.54, 1.807) is 40.8 Å². The van der Waals surface area contributed by atoms with Crippen molar-refractivity contribution in [1.82, 2.24) is 23.9 Å². The molecule has 0 bridgehead atoms. The van der Waals surface area contributed by atoms with E-state index in [9.17, 15) is 9.59 Å². The molecule has 0 saturated heterocycles. The zero-order chi connectivity index (χ0) is 21.4. The van der Waals surface area contributed by atoms with Crippen molar-refractivity contribution in [3.8, 4) is 5.82 Å². The summed E-state index contributed by atoms with van der Waals surface area (Å²) >= 11 is 0. The van der Waals surface area contributed by atoms with Gasteiger partial charge in [0.05, 0.1) is 36.5 Å². The summed E-state index contributed by atoms with van der Waals surface area (Å²) in [6.45, 7) is 2.43. The number of nitrogens with zero attached hydrogens (tertiary/aromatic N) is 5. The zero-order valence-corrected chi connectivity index (χ0v) is 16.8. The molecule has 1 aromatic carbocycles. The maximum Gasteiger partial charge on any atom is 0.282 e. The van der Waals surface area contributed by atoms with Gasteiger partial charge in [0.15, 0.2) is 5.82 Å². The van der Waals surface area contributed by atoms with E-state index in [-0.39, 0.29) is 17.7 Å². The molecule has 4 aromatic heterocycles. The van der Waals surface area contributed by atoms with Crippen molar-refractivity contribution < 1.29 is 4.42 Å². The highest BCUT2D eigenvalue weighted by Crippen LogP contribution is 2.19. The van der Waals surface area contributed by atoms with Crippen LogP contribution < -0.4 is 11.1 Å². The van der Waals surface area contributed by atoms with Crippen LogP contribution in [0.1, 0.15) is 17.0 Å². The number of aromatic nitrogens is 5. The van der Waals surface area contributed by atoms with Crippen LogP contribution in [0, 0.1) is 6.92 Å². The lowest BCUT2D eigenvalue weighted by Crippen LogP contribution is -2.24. The van der Waals surface area contributed by atoms with Crippen molar-refractivity contribution >= 4 is 10.9 Å². The summed E-state index contributed by atoms with van der Waals surface area (Å²) in [7, 11) is 0. The van der Waals surface area contributed by atoms with E-state index in [0.717, 1.165) is 5.56 Å². The van der Waals surface area contributed by atoms with Crippen molar-refractivity contribution in [3.63, 3.8) is 0 Å². The molecule has 31 heavy (non-hydrogen) atoms.